The van der Waals surface area contributed by atoms with Gasteiger partial charge in [-0.2, -0.15) is 0 Å². The summed E-state index contributed by atoms with van der Waals surface area (Å²) in [5, 5.41) is 0. The Morgan fingerprint density at radius 3 is 3.17 bits per heavy atom. The van der Waals surface area contributed by atoms with Crippen LogP contribution in [0.4, 0.5) is 0 Å². The Hall–Kier alpha value is -0.240. The normalized spacial score (nSPS) is 29.2. The summed E-state index contributed by atoms with van der Waals surface area (Å²) in [6.45, 7) is 1.21. The van der Waals surface area contributed by atoms with Crippen LogP contribution in [0.2, 0.25) is 0 Å². The molecule has 2 heterocycles. The van der Waals surface area contributed by atoms with E-state index in [0.29, 0.717) is 4.95 Å². The number of rotatable bonds is 0. The van der Waals surface area contributed by atoms with Crippen molar-refractivity contribution in [2.24, 2.45) is 0 Å². The van der Waals surface area contributed by atoms with Crippen LogP contribution in [0.5, 0.6) is 0 Å². The van der Waals surface area contributed by atoms with E-state index >= 15 is 0 Å². The quantitative estimate of drug-likeness (QED) is 0.455. The first-order valence-corrected chi connectivity index (χ1v) is 5.57. The SMILES string of the molecule is BrC1C=CC=C2CCCCCN21. The Kier molecular flexibility index (Phi) is 2.54. The van der Waals surface area contributed by atoms with E-state index in [0.717, 1.165) is 0 Å². The molecule has 0 saturated carbocycles. The van der Waals surface area contributed by atoms with Crippen LogP contribution >= 0.6 is 15.9 Å². The molecule has 0 N–H and O–H groups in total. The lowest BCUT2D eigenvalue weighted by molar-refractivity contribution is 0.358. The smallest absolute Gasteiger partial charge is 0.103 e. The van der Waals surface area contributed by atoms with Crippen LogP contribution in [0.1, 0.15) is 25.7 Å². The molecule has 1 atom stereocenters. The Labute approximate surface area is 82.3 Å². The van der Waals surface area contributed by atoms with Crippen LogP contribution in [0.15, 0.2) is 23.9 Å². The van der Waals surface area contributed by atoms with Crippen molar-refractivity contribution < 1.29 is 0 Å². The first kappa shape index (κ1) is 8.36. The fraction of sp³-hybridized carbons (Fsp3) is 0.600. The molecular weight excluding hydrogens is 214 g/mol. The van der Waals surface area contributed by atoms with Crippen LogP contribution in [-0.4, -0.2) is 16.4 Å². The summed E-state index contributed by atoms with van der Waals surface area (Å²) in [7, 11) is 0. The molecule has 2 aliphatic rings. The fourth-order valence-corrected chi connectivity index (χ4v) is 2.52. The van der Waals surface area contributed by atoms with Crippen LogP contribution in [0, 0.1) is 0 Å². The molecule has 1 fully saturated rings. The van der Waals surface area contributed by atoms with Crippen LogP contribution in [0.3, 0.4) is 0 Å². The molecule has 0 bridgehead atoms. The van der Waals surface area contributed by atoms with Gasteiger partial charge in [-0.15, -0.1) is 0 Å². The lowest BCUT2D eigenvalue weighted by Gasteiger charge is -2.30. The molecule has 0 spiro atoms. The third-order valence-electron chi connectivity index (χ3n) is 2.56. The number of allylic oxidation sites excluding steroid dienone is 3. The molecule has 0 aromatic rings. The molecule has 12 heavy (non-hydrogen) atoms. The number of hydrogen-bond acceptors (Lipinski definition) is 1. The molecule has 0 aromatic heterocycles. The molecule has 1 nitrogen and oxygen atoms in total. The highest BCUT2D eigenvalue weighted by Crippen LogP contribution is 2.27. The van der Waals surface area contributed by atoms with Crippen molar-refractivity contribution in [1.82, 2.24) is 4.90 Å². The maximum Gasteiger partial charge on any atom is 0.103 e. The van der Waals surface area contributed by atoms with Gasteiger partial charge in [-0.05, 0) is 25.3 Å². The number of fused-ring (bicyclic) bond motifs is 1. The molecule has 0 aromatic carbocycles. The van der Waals surface area contributed by atoms with Crippen molar-refractivity contribution in [3.8, 4) is 0 Å². The van der Waals surface area contributed by atoms with E-state index < -0.39 is 0 Å². The zero-order valence-corrected chi connectivity index (χ0v) is 8.76. The maximum absolute atomic E-state index is 3.66. The second-order valence-corrected chi connectivity index (χ2v) is 4.36. The van der Waals surface area contributed by atoms with Gasteiger partial charge < -0.3 is 4.90 Å². The third kappa shape index (κ3) is 1.58. The molecule has 0 amide bonds. The summed E-state index contributed by atoms with van der Waals surface area (Å²) in [6.07, 6.45) is 12.0. The van der Waals surface area contributed by atoms with Gasteiger partial charge >= 0.3 is 0 Å². The van der Waals surface area contributed by atoms with Gasteiger partial charge in [-0.1, -0.05) is 34.5 Å². The van der Waals surface area contributed by atoms with Crippen molar-refractivity contribution in [3.63, 3.8) is 0 Å². The van der Waals surface area contributed by atoms with Crippen molar-refractivity contribution in [2.75, 3.05) is 6.54 Å². The van der Waals surface area contributed by atoms with Gasteiger partial charge in [0.15, 0.2) is 0 Å². The highest BCUT2D eigenvalue weighted by atomic mass is 79.9. The van der Waals surface area contributed by atoms with Crippen molar-refractivity contribution in [1.29, 1.82) is 0 Å². The summed E-state index contributed by atoms with van der Waals surface area (Å²) in [4.78, 5) is 2.91. The molecule has 0 radical (unpaired) electrons. The van der Waals surface area contributed by atoms with E-state index in [-0.39, 0.29) is 0 Å². The molecule has 0 aliphatic carbocycles. The average molecular weight is 228 g/mol. The monoisotopic (exact) mass is 227 g/mol. The number of alkyl halides is 1. The van der Waals surface area contributed by atoms with Gasteiger partial charge in [-0.3, -0.25) is 0 Å². The maximum atomic E-state index is 3.66. The fourth-order valence-electron chi connectivity index (χ4n) is 1.88. The average Bonchev–Trinajstić information content (AvgIpc) is 2.30. The van der Waals surface area contributed by atoms with Crippen molar-refractivity contribution in [2.45, 2.75) is 30.6 Å². The lowest BCUT2D eigenvalue weighted by atomic mass is 10.1. The molecule has 1 unspecified atom stereocenters. The topological polar surface area (TPSA) is 3.24 Å². The first-order valence-electron chi connectivity index (χ1n) is 4.66. The van der Waals surface area contributed by atoms with Crippen LogP contribution in [-0.2, 0) is 0 Å². The summed E-state index contributed by atoms with van der Waals surface area (Å²) in [5.74, 6) is 0. The molecule has 2 aliphatic heterocycles. The first-order chi connectivity index (χ1) is 5.88. The van der Waals surface area contributed by atoms with E-state index in [9.17, 15) is 0 Å². The van der Waals surface area contributed by atoms with Crippen molar-refractivity contribution in [3.05, 3.63) is 23.9 Å². The van der Waals surface area contributed by atoms with Crippen LogP contribution < -0.4 is 0 Å². The minimum absolute atomic E-state index is 0.440. The van der Waals surface area contributed by atoms with E-state index in [1.807, 2.05) is 0 Å². The van der Waals surface area contributed by atoms with Gasteiger partial charge in [0, 0.05) is 12.2 Å². The Morgan fingerprint density at radius 1 is 1.33 bits per heavy atom. The van der Waals surface area contributed by atoms with Gasteiger partial charge in [0.05, 0.1) is 0 Å². The molecule has 2 heteroatoms. The molecule has 1 saturated heterocycles. The van der Waals surface area contributed by atoms with E-state index in [2.05, 4.69) is 39.1 Å². The highest BCUT2D eigenvalue weighted by Gasteiger charge is 2.19. The summed E-state index contributed by atoms with van der Waals surface area (Å²) in [6, 6.07) is 0. The zero-order chi connectivity index (χ0) is 8.39. The van der Waals surface area contributed by atoms with Crippen molar-refractivity contribution >= 4 is 15.9 Å². The minimum atomic E-state index is 0.440. The molecule has 66 valence electrons. The Bertz CT molecular complexity index is 220. The molecule has 2 rings (SSSR count). The zero-order valence-electron chi connectivity index (χ0n) is 7.17. The standard InChI is InChI=1S/C10H14BrN/c11-10-7-4-6-9-5-2-1-3-8-12(9)10/h4,6-7,10H,1-3,5,8H2. The molecular formula is C10H14BrN. The Balaban J connectivity index is 2.16. The lowest BCUT2D eigenvalue weighted by Crippen LogP contribution is -2.30. The van der Waals surface area contributed by atoms with Gasteiger partial charge in [0.1, 0.15) is 4.95 Å². The van der Waals surface area contributed by atoms with Gasteiger partial charge in [0.2, 0.25) is 0 Å². The van der Waals surface area contributed by atoms with E-state index in [4.69, 9.17) is 0 Å². The second-order valence-electron chi connectivity index (χ2n) is 3.42. The second kappa shape index (κ2) is 3.65. The predicted octanol–water partition coefficient (Wildman–Crippen LogP) is 3.04. The Morgan fingerprint density at radius 2 is 2.25 bits per heavy atom. The number of hydrogen-bond donors (Lipinski definition) is 0. The number of halogens is 1. The van der Waals surface area contributed by atoms with Crippen LogP contribution in [0.25, 0.3) is 0 Å². The van der Waals surface area contributed by atoms with Gasteiger partial charge in [0.25, 0.3) is 0 Å². The minimum Gasteiger partial charge on any atom is -0.359 e. The van der Waals surface area contributed by atoms with E-state index in [1.165, 1.54) is 37.9 Å². The largest absolute Gasteiger partial charge is 0.359 e. The predicted molar refractivity (Wildman–Crippen MR) is 55.1 cm³/mol. The van der Waals surface area contributed by atoms with Gasteiger partial charge in [-0.25, -0.2) is 0 Å². The van der Waals surface area contributed by atoms with E-state index in [1.54, 1.807) is 0 Å². The number of nitrogens with zero attached hydrogens (tertiary/aromatic N) is 1. The third-order valence-corrected chi connectivity index (χ3v) is 3.36. The summed E-state index contributed by atoms with van der Waals surface area (Å²) < 4.78 is 0. The summed E-state index contributed by atoms with van der Waals surface area (Å²) >= 11 is 3.66. The summed E-state index contributed by atoms with van der Waals surface area (Å²) in [5.41, 5.74) is 1.51. The highest BCUT2D eigenvalue weighted by molar-refractivity contribution is 9.09.